The van der Waals surface area contributed by atoms with Gasteiger partial charge in [-0.2, -0.15) is 14.9 Å². The highest BCUT2D eigenvalue weighted by Crippen LogP contribution is 2.31. The molecule has 0 saturated heterocycles. The molecule has 0 atom stereocenters. The molecule has 3 rings (SSSR count). The van der Waals surface area contributed by atoms with Crippen molar-refractivity contribution in [2.75, 3.05) is 7.11 Å². The highest BCUT2D eigenvalue weighted by Gasteiger charge is 2.10. The molecule has 0 aliphatic rings. The summed E-state index contributed by atoms with van der Waals surface area (Å²) in [6.07, 6.45) is 2.40. The number of rotatable bonds is 7. The minimum atomic E-state index is 0.379. The SMILES string of the molecule is CCc1n[nH]c(=S)n1/N=C\c1cccc(OC)c1OCc1ccc(Cl)cc1. The summed E-state index contributed by atoms with van der Waals surface area (Å²) in [5.41, 5.74) is 1.77. The highest BCUT2D eigenvalue weighted by molar-refractivity contribution is 7.71. The molecule has 8 heteroatoms. The second kappa shape index (κ2) is 8.83. The summed E-state index contributed by atoms with van der Waals surface area (Å²) in [6, 6.07) is 13.1. The fourth-order valence-corrected chi connectivity index (χ4v) is 2.80. The zero-order valence-corrected chi connectivity index (χ0v) is 16.5. The lowest BCUT2D eigenvalue weighted by atomic mass is 10.2. The predicted molar refractivity (Wildman–Crippen MR) is 109 cm³/mol. The van der Waals surface area contributed by atoms with Crippen molar-refractivity contribution in [1.82, 2.24) is 14.9 Å². The van der Waals surface area contributed by atoms with Crippen LogP contribution in [0, 0.1) is 4.77 Å². The molecular formula is C19H19ClN4O2S. The average molecular weight is 403 g/mol. The Morgan fingerprint density at radius 3 is 2.74 bits per heavy atom. The third-order valence-corrected chi connectivity index (χ3v) is 4.39. The third kappa shape index (κ3) is 4.56. The van der Waals surface area contributed by atoms with E-state index in [2.05, 4.69) is 15.3 Å². The summed E-state index contributed by atoms with van der Waals surface area (Å²) < 4.78 is 13.5. The molecule has 2 aromatic carbocycles. The summed E-state index contributed by atoms with van der Waals surface area (Å²) in [6.45, 7) is 2.37. The first-order valence-electron chi connectivity index (χ1n) is 8.37. The van der Waals surface area contributed by atoms with Gasteiger partial charge in [0, 0.05) is 17.0 Å². The van der Waals surface area contributed by atoms with Crippen molar-refractivity contribution in [3.63, 3.8) is 0 Å². The van der Waals surface area contributed by atoms with Crippen LogP contribution < -0.4 is 9.47 Å². The summed E-state index contributed by atoms with van der Waals surface area (Å²) in [4.78, 5) is 0. The lowest BCUT2D eigenvalue weighted by Crippen LogP contribution is -2.02. The van der Waals surface area contributed by atoms with E-state index in [0.717, 1.165) is 17.0 Å². The molecule has 0 aliphatic heterocycles. The highest BCUT2D eigenvalue weighted by atomic mass is 35.5. The Bertz CT molecular complexity index is 996. The van der Waals surface area contributed by atoms with Crippen LogP contribution in [0.1, 0.15) is 23.9 Å². The molecular weight excluding hydrogens is 384 g/mol. The van der Waals surface area contributed by atoms with Crippen LogP contribution in [0.3, 0.4) is 0 Å². The maximum atomic E-state index is 6.02. The summed E-state index contributed by atoms with van der Waals surface area (Å²) in [5.74, 6) is 1.98. The van der Waals surface area contributed by atoms with E-state index in [0.29, 0.717) is 34.3 Å². The topological polar surface area (TPSA) is 64.4 Å². The van der Waals surface area contributed by atoms with Gasteiger partial charge in [-0.25, -0.2) is 0 Å². The molecule has 6 nitrogen and oxygen atoms in total. The number of nitrogens with zero attached hydrogens (tertiary/aromatic N) is 3. The minimum Gasteiger partial charge on any atom is -0.493 e. The van der Waals surface area contributed by atoms with Crippen molar-refractivity contribution in [3.8, 4) is 11.5 Å². The van der Waals surface area contributed by atoms with Gasteiger partial charge in [0.15, 0.2) is 17.3 Å². The van der Waals surface area contributed by atoms with E-state index >= 15 is 0 Å². The van der Waals surface area contributed by atoms with Gasteiger partial charge in [-0.15, -0.1) is 0 Å². The molecule has 140 valence electrons. The molecule has 0 fully saturated rings. The van der Waals surface area contributed by atoms with Gasteiger partial charge in [0.25, 0.3) is 0 Å². The summed E-state index contributed by atoms with van der Waals surface area (Å²) >= 11 is 11.2. The number of ether oxygens (including phenoxy) is 2. The number of aryl methyl sites for hydroxylation is 1. The monoisotopic (exact) mass is 402 g/mol. The van der Waals surface area contributed by atoms with Crippen LogP contribution in [0.25, 0.3) is 0 Å². The predicted octanol–water partition coefficient (Wildman–Crippen LogP) is 4.63. The Kier molecular flexibility index (Phi) is 6.26. The van der Waals surface area contributed by atoms with Gasteiger partial charge in [0.05, 0.1) is 13.3 Å². The number of aromatic nitrogens is 3. The number of methoxy groups -OCH3 is 1. The molecule has 1 aromatic heterocycles. The Balaban J connectivity index is 1.89. The maximum Gasteiger partial charge on any atom is 0.216 e. The number of halogens is 1. The molecule has 0 spiro atoms. The van der Waals surface area contributed by atoms with E-state index in [1.54, 1.807) is 18.0 Å². The van der Waals surface area contributed by atoms with E-state index in [4.69, 9.17) is 33.3 Å². The van der Waals surface area contributed by atoms with E-state index in [1.165, 1.54) is 0 Å². The summed E-state index contributed by atoms with van der Waals surface area (Å²) in [7, 11) is 1.60. The van der Waals surface area contributed by atoms with Gasteiger partial charge < -0.3 is 9.47 Å². The first kappa shape index (κ1) is 19.1. The van der Waals surface area contributed by atoms with E-state index < -0.39 is 0 Å². The maximum absolute atomic E-state index is 6.02. The van der Waals surface area contributed by atoms with Gasteiger partial charge in [-0.1, -0.05) is 36.7 Å². The smallest absolute Gasteiger partial charge is 0.216 e. The Hall–Kier alpha value is -2.64. The largest absolute Gasteiger partial charge is 0.493 e. The average Bonchev–Trinajstić information content (AvgIpc) is 3.05. The lowest BCUT2D eigenvalue weighted by molar-refractivity contribution is 0.284. The molecule has 0 amide bonds. The van der Waals surface area contributed by atoms with Gasteiger partial charge in [0.2, 0.25) is 4.77 Å². The Morgan fingerprint density at radius 2 is 2.04 bits per heavy atom. The van der Waals surface area contributed by atoms with Crippen LogP contribution in [-0.2, 0) is 13.0 Å². The number of hydrogen-bond donors (Lipinski definition) is 1. The second-order valence-corrected chi connectivity index (χ2v) is 6.47. The Labute approximate surface area is 167 Å². The van der Waals surface area contributed by atoms with Crippen molar-refractivity contribution in [3.05, 3.63) is 69.2 Å². The Morgan fingerprint density at radius 1 is 1.26 bits per heavy atom. The number of hydrogen-bond acceptors (Lipinski definition) is 5. The molecule has 0 aliphatic carbocycles. The van der Waals surface area contributed by atoms with E-state index in [-0.39, 0.29) is 0 Å². The number of nitrogens with one attached hydrogen (secondary N) is 1. The fraction of sp³-hybridized carbons (Fsp3) is 0.211. The molecule has 0 unspecified atom stereocenters. The van der Waals surface area contributed by atoms with Crippen molar-refractivity contribution in [1.29, 1.82) is 0 Å². The number of aromatic amines is 1. The van der Waals surface area contributed by atoms with Crippen LogP contribution in [-0.4, -0.2) is 28.2 Å². The lowest BCUT2D eigenvalue weighted by Gasteiger charge is -2.13. The molecule has 1 N–H and O–H groups in total. The van der Waals surface area contributed by atoms with E-state index in [9.17, 15) is 0 Å². The van der Waals surface area contributed by atoms with Crippen molar-refractivity contribution >= 4 is 30.0 Å². The number of H-pyrrole nitrogens is 1. The van der Waals surface area contributed by atoms with Gasteiger partial charge >= 0.3 is 0 Å². The zero-order chi connectivity index (χ0) is 19.2. The molecule has 27 heavy (non-hydrogen) atoms. The second-order valence-electron chi connectivity index (χ2n) is 5.65. The van der Waals surface area contributed by atoms with Crippen molar-refractivity contribution in [2.24, 2.45) is 5.10 Å². The standard InChI is InChI=1S/C19H19ClN4O2S/c1-3-17-22-23-19(27)24(17)21-11-14-5-4-6-16(25-2)18(14)26-12-13-7-9-15(20)10-8-13/h4-11H,3,12H2,1-2H3,(H,23,27)/b21-11-. The number of benzene rings is 2. The van der Waals surface area contributed by atoms with Gasteiger partial charge in [0.1, 0.15) is 6.61 Å². The van der Waals surface area contributed by atoms with Crippen molar-refractivity contribution in [2.45, 2.75) is 20.0 Å². The molecule has 1 heterocycles. The minimum absolute atomic E-state index is 0.379. The quantitative estimate of drug-likeness (QED) is 0.462. The first-order chi connectivity index (χ1) is 13.1. The fourth-order valence-electron chi connectivity index (χ4n) is 2.48. The molecule has 0 radical (unpaired) electrons. The van der Waals surface area contributed by atoms with Gasteiger partial charge in [-0.05, 0) is 42.0 Å². The van der Waals surface area contributed by atoms with Gasteiger partial charge in [-0.3, -0.25) is 5.10 Å². The first-order valence-corrected chi connectivity index (χ1v) is 9.16. The third-order valence-electron chi connectivity index (χ3n) is 3.87. The van der Waals surface area contributed by atoms with Crippen LogP contribution in [0.15, 0.2) is 47.6 Å². The van der Waals surface area contributed by atoms with Crippen molar-refractivity contribution < 1.29 is 9.47 Å². The summed E-state index contributed by atoms with van der Waals surface area (Å²) in [5, 5.41) is 12.0. The molecule has 0 bridgehead atoms. The van der Waals surface area contributed by atoms with Crippen LogP contribution in [0.5, 0.6) is 11.5 Å². The van der Waals surface area contributed by atoms with Crippen LogP contribution in [0.4, 0.5) is 0 Å². The van der Waals surface area contributed by atoms with Crippen LogP contribution >= 0.6 is 23.8 Å². The number of para-hydroxylation sites is 1. The zero-order valence-electron chi connectivity index (χ0n) is 15.0. The van der Waals surface area contributed by atoms with Crippen LogP contribution in [0.2, 0.25) is 5.02 Å². The normalized spacial score (nSPS) is 11.1. The molecule has 3 aromatic rings. The molecule has 0 saturated carbocycles. The van der Waals surface area contributed by atoms with E-state index in [1.807, 2.05) is 49.4 Å².